The summed E-state index contributed by atoms with van der Waals surface area (Å²) in [5, 5.41) is 22.0. The fraction of sp³-hybridized carbons (Fsp3) is 0.571. The van der Waals surface area contributed by atoms with Crippen molar-refractivity contribution in [2.24, 2.45) is 0 Å². The van der Waals surface area contributed by atoms with Crippen LogP contribution in [0.15, 0.2) is 28.7 Å². The van der Waals surface area contributed by atoms with Crippen LogP contribution in [0.2, 0.25) is 0 Å². The highest BCUT2D eigenvalue weighted by atomic mass is 79.9. The van der Waals surface area contributed by atoms with Crippen LogP contribution >= 0.6 is 15.9 Å². The maximum absolute atomic E-state index is 9.73. The van der Waals surface area contributed by atoms with Crippen LogP contribution in [0.5, 0.6) is 5.75 Å². The number of aliphatic hydroxyl groups is 2. The standard InChI is InChI=1S/C14H22BrNO3/c1-11(17)3-2-8-16-9-13(18)10-19-14-6-4-12(15)5-7-14/h4-7,11,13,16-18H,2-3,8-10H2,1H3. The van der Waals surface area contributed by atoms with Gasteiger partial charge in [-0.25, -0.2) is 0 Å². The predicted molar refractivity (Wildman–Crippen MR) is 79.4 cm³/mol. The number of benzene rings is 1. The minimum absolute atomic E-state index is 0.257. The number of halogens is 1. The van der Waals surface area contributed by atoms with Crippen molar-refractivity contribution in [3.8, 4) is 5.75 Å². The Morgan fingerprint density at radius 1 is 1.26 bits per heavy atom. The molecule has 0 radical (unpaired) electrons. The van der Waals surface area contributed by atoms with Gasteiger partial charge in [0.15, 0.2) is 0 Å². The van der Waals surface area contributed by atoms with Gasteiger partial charge in [-0.2, -0.15) is 0 Å². The SMILES string of the molecule is CC(O)CCCNCC(O)COc1ccc(Br)cc1. The number of hydrogen-bond donors (Lipinski definition) is 3. The van der Waals surface area contributed by atoms with Gasteiger partial charge in [-0.15, -0.1) is 0 Å². The summed E-state index contributed by atoms with van der Waals surface area (Å²) >= 11 is 3.35. The first kappa shape index (κ1) is 16.4. The van der Waals surface area contributed by atoms with Gasteiger partial charge in [-0.05, 0) is 50.6 Å². The second-order valence-corrected chi connectivity index (χ2v) is 5.53. The van der Waals surface area contributed by atoms with Gasteiger partial charge in [0.05, 0.1) is 6.10 Å². The van der Waals surface area contributed by atoms with Crippen LogP contribution in [0.1, 0.15) is 19.8 Å². The summed E-state index contributed by atoms with van der Waals surface area (Å²) in [5.41, 5.74) is 0. The molecule has 0 amide bonds. The van der Waals surface area contributed by atoms with Crippen LogP contribution in [0.3, 0.4) is 0 Å². The molecule has 4 nitrogen and oxygen atoms in total. The highest BCUT2D eigenvalue weighted by Gasteiger charge is 2.05. The lowest BCUT2D eigenvalue weighted by molar-refractivity contribution is 0.106. The average molecular weight is 332 g/mol. The van der Waals surface area contributed by atoms with Crippen molar-refractivity contribution in [2.45, 2.75) is 32.0 Å². The Kier molecular flexibility index (Phi) is 8.05. The maximum atomic E-state index is 9.73. The molecule has 1 rings (SSSR count). The van der Waals surface area contributed by atoms with E-state index in [0.717, 1.165) is 29.6 Å². The minimum Gasteiger partial charge on any atom is -0.491 e. The summed E-state index contributed by atoms with van der Waals surface area (Å²) in [6, 6.07) is 7.51. The first-order valence-electron chi connectivity index (χ1n) is 6.53. The van der Waals surface area contributed by atoms with Crippen molar-refractivity contribution in [1.82, 2.24) is 5.32 Å². The molecule has 2 atom stereocenters. The van der Waals surface area contributed by atoms with Crippen LogP contribution in [0, 0.1) is 0 Å². The molecule has 0 aromatic heterocycles. The number of aliphatic hydroxyl groups excluding tert-OH is 2. The normalized spacial score (nSPS) is 14.1. The Hall–Kier alpha value is -0.620. The Morgan fingerprint density at radius 3 is 2.58 bits per heavy atom. The zero-order valence-corrected chi connectivity index (χ0v) is 12.8. The van der Waals surface area contributed by atoms with Crippen molar-refractivity contribution in [2.75, 3.05) is 19.7 Å². The molecule has 19 heavy (non-hydrogen) atoms. The highest BCUT2D eigenvalue weighted by Crippen LogP contribution is 2.16. The van der Waals surface area contributed by atoms with Crippen LogP contribution in [-0.4, -0.2) is 42.1 Å². The third-order valence-corrected chi connectivity index (χ3v) is 3.14. The molecule has 0 bridgehead atoms. The molecule has 2 unspecified atom stereocenters. The summed E-state index contributed by atoms with van der Waals surface area (Å²) in [6.07, 6.45) is 0.888. The van der Waals surface area contributed by atoms with Crippen molar-refractivity contribution in [1.29, 1.82) is 0 Å². The molecule has 0 spiro atoms. The molecule has 1 aromatic carbocycles. The average Bonchev–Trinajstić information content (AvgIpc) is 2.37. The van der Waals surface area contributed by atoms with Gasteiger partial charge < -0.3 is 20.3 Å². The lowest BCUT2D eigenvalue weighted by Gasteiger charge is -2.13. The first-order valence-corrected chi connectivity index (χ1v) is 7.32. The zero-order chi connectivity index (χ0) is 14.1. The second-order valence-electron chi connectivity index (χ2n) is 4.61. The number of rotatable bonds is 9. The molecule has 0 aliphatic heterocycles. The van der Waals surface area contributed by atoms with E-state index in [1.807, 2.05) is 24.3 Å². The second kappa shape index (κ2) is 9.31. The zero-order valence-electron chi connectivity index (χ0n) is 11.2. The van der Waals surface area contributed by atoms with E-state index in [1.54, 1.807) is 6.92 Å². The molecule has 5 heteroatoms. The van der Waals surface area contributed by atoms with Crippen LogP contribution in [0.25, 0.3) is 0 Å². The Labute approximate surface area is 122 Å². The van der Waals surface area contributed by atoms with E-state index < -0.39 is 6.10 Å². The van der Waals surface area contributed by atoms with Gasteiger partial charge in [0.2, 0.25) is 0 Å². The summed E-state index contributed by atoms with van der Waals surface area (Å²) in [5.74, 6) is 0.747. The van der Waals surface area contributed by atoms with E-state index in [2.05, 4.69) is 21.2 Å². The summed E-state index contributed by atoms with van der Waals surface area (Å²) in [6.45, 7) is 3.34. The number of ether oxygens (including phenoxy) is 1. The van der Waals surface area contributed by atoms with Gasteiger partial charge in [-0.3, -0.25) is 0 Å². The monoisotopic (exact) mass is 331 g/mol. The molecule has 0 aliphatic carbocycles. The van der Waals surface area contributed by atoms with Crippen LogP contribution in [-0.2, 0) is 0 Å². The summed E-state index contributed by atoms with van der Waals surface area (Å²) < 4.78 is 6.47. The molecule has 0 saturated heterocycles. The van der Waals surface area contributed by atoms with Crippen LogP contribution in [0.4, 0.5) is 0 Å². The molecule has 3 N–H and O–H groups in total. The molecular weight excluding hydrogens is 310 g/mol. The predicted octanol–water partition coefficient (Wildman–Crippen LogP) is 1.94. The smallest absolute Gasteiger partial charge is 0.119 e. The van der Waals surface area contributed by atoms with E-state index in [0.29, 0.717) is 6.54 Å². The fourth-order valence-corrected chi connectivity index (χ4v) is 1.84. The largest absolute Gasteiger partial charge is 0.491 e. The van der Waals surface area contributed by atoms with Gasteiger partial charge in [-0.1, -0.05) is 15.9 Å². The van der Waals surface area contributed by atoms with E-state index in [4.69, 9.17) is 9.84 Å². The minimum atomic E-state index is -0.532. The topological polar surface area (TPSA) is 61.7 Å². The lowest BCUT2D eigenvalue weighted by atomic mass is 10.2. The molecule has 0 saturated carbocycles. The van der Waals surface area contributed by atoms with Gasteiger partial charge >= 0.3 is 0 Å². The summed E-state index contributed by atoms with van der Waals surface area (Å²) in [4.78, 5) is 0. The maximum Gasteiger partial charge on any atom is 0.119 e. The molecule has 0 heterocycles. The van der Waals surface area contributed by atoms with Gasteiger partial charge in [0.1, 0.15) is 18.5 Å². The summed E-state index contributed by atoms with van der Waals surface area (Å²) in [7, 11) is 0. The van der Waals surface area contributed by atoms with Crippen molar-refractivity contribution >= 4 is 15.9 Å². The van der Waals surface area contributed by atoms with E-state index >= 15 is 0 Å². The number of nitrogens with one attached hydrogen (secondary N) is 1. The van der Waals surface area contributed by atoms with Crippen molar-refractivity contribution in [3.63, 3.8) is 0 Å². The molecule has 1 aromatic rings. The molecule has 0 aliphatic rings. The van der Waals surface area contributed by atoms with Crippen LogP contribution < -0.4 is 10.1 Å². The van der Waals surface area contributed by atoms with E-state index in [-0.39, 0.29) is 12.7 Å². The van der Waals surface area contributed by atoms with Crippen molar-refractivity contribution in [3.05, 3.63) is 28.7 Å². The third-order valence-electron chi connectivity index (χ3n) is 2.61. The van der Waals surface area contributed by atoms with E-state index in [1.165, 1.54) is 0 Å². The van der Waals surface area contributed by atoms with Crippen molar-refractivity contribution < 1.29 is 14.9 Å². The Bertz CT molecular complexity index is 343. The Morgan fingerprint density at radius 2 is 1.95 bits per heavy atom. The Balaban J connectivity index is 2.07. The highest BCUT2D eigenvalue weighted by molar-refractivity contribution is 9.10. The number of hydrogen-bond acceptors (Lipinski definition) is 4. The van der Waals surface area contributed by atoms with Gasteiger partial charge in [0.25, 0.3) is 0 Å². The fourth-order valence-electron chi connectivity index (χ4n) is 1.57. The molecule has 108 valence electrons. The quantitative estimate of drug-likeness (QED) is 0.605. The third kappa shape index (κ3) is 8.21. The molecular formula is C14H22BrNO3. The lowest BCUT2D eigenvalue weighted by Crippen LogP contribution is -2.32. The molecule has 0 fully saturated rings. The van der Waals surface area contributed by atoms with Gasteiger partial charge in [0, 0.05) is 11.0 Å². The first-order chi connectivity index (χ1) is 9.08. The van der Waals surface area contributed by atoms with E-state index in [9.17, 15) is 5.11 Å².